The lowest BCUT2D eigenvalue weighted by Gasteiger charge is -2.33. The summed E-state index contributed by atoms with van der Waals surface area (Å²) in [6.45, 7) is 5.43. The summed E-state index contributed by atoms with van der Waals surface area (Å²) < 4.78 is 40.7. The van der Waals surface area contributed by atoms with Gasteiger partial charge in [0, 0.05) is 54.2 Å². The minimum atomic E-state index is -4.25. The molecule has 0 unspecified atom stereocenters. The highest BCUT2D eigenvalue weighted by molar-refractivity contribution is 7.18. The molecule has 8 nitrogen and oxygen atoms in total. The number of likely N-dealkylation sites (tertiary alicyclic amines) is 1. The Morgan fingerprint density at radius 2 is 2.00 bits per heavy atom. The smallest absolute Gasteiger partial charge is 0.367 e. The molecule has 1 saturated heterocycles. The van der Waals surface area contributed by atoms with Crippen molar-refractivity contribution in [3.63, 3.8) is 0 Å². The lowest BCUT2D eigenvalue weighted by atomic mass is 10.0. The summed E-state index contributed by atoms with van der Waals surface area (Å²) in [6, 6.07) is 10.4. The van der Waals surface area contributed by atoms with E-state index in [1.165, 1.54) is 17.5 Å². The van der Waals surface area contributed by atoms with Gasteiger partial charge in [0.25, 0.3) is 0 Å². The van der Waals surface area contributed by atoms with Crippen LogP contribution in [0.1, 0.15) is 40.1 Å². The fourth-order valence-electron chi connectivity index (χ4n) is 5.66. The summed E-state index contributed by atoms with van der Waals surface area (Å²) in [5.74, 6) is 0.602. The highest BCUT2D eigenvalue weighted by atomic mass is 32.1. The molecule has 0 bridgehead atoms. The number of H-pyrrole nitrogens is 1. The van der Waals surface area contributed by atoms with Gasteiger partial charge in [0.15, 0.2) is 0 Å². The summed E-state index contributed by atoms with van der Waals surface area (Å²) >= 11 is 1.07. The number of hydrogen-bond donors (Lipinski definition) is 2. The van der Waals surface area contributed by atoms with Crippen LogP contribution in [-0.2, 0) is 25.9 Å². The standard InChI is InChI=1S/C29H29F3N8S/c1-18-20(2-3-26-24(18)10-22(13-33)40(26)9-4-19-14-36-37-15-19)16-39-7-5-21(6-8-39)38-27-25-11-23(12-29(30,31)32)41-28(25)35-17-34-27/h2-3,10-11,14-15,17,21H,4-9,12,16H2,1H3,(H,36,37)(H,34,35,38). The fraction of sp³-hybridized carbons (Fsp3) is 0.379. The highest BCUT2D eigenvalue weighted by Crippen LogP contribution is 2.33. The molecule has 41 heavy (non-hydrogen) atoms. The van der Waals surface area contributed by atoms with Gasteiger partial charge < -0.3 is 9.88 Å². The summed E-state index contributed by atoms with van der Waals surface area (Å²) in [4.78, 5) is 11.8. The van der Waals surface area contributed by atoms with E-state index in [2.05, 4.69) is 60.1 Å². The number of hydrogen-bond acceptors (Lipinski definition) is 7. The number of nitriles is 1. The molecular weight excluding hydrogens is 549 g/mol. The maximum atomic E-state index is 12.9. The Labute approximate surface area is 238 Å². The molecule has 12 heteroatoms. The Hall–Kier alpha value is -3.95. The van der Waals surface area contributed by atoms with Crippen molar-refractivity contribution >= 4 is 38.3 Å². The van der Waals surface area contributed by atoms with Crippen molar-refractivity contribution in [2.75, 3.05) is 18.4 Å². The van der Waals surface area contributed by atoms with Crippen LogP contribution in [0.2, 0.25) is 0 Å². The maximum Gasteiger partial charge on any atom is 0.393 e. The van der Waals surface area contributed by atoms with E-state index >= 15 is 0 Å². The number of halogens is 3. The normalized spacial score (nSPS) is 15.1. The van der Waals surface area contributed by atoms with Gasteiger partial charge in [0.05, 0.1) is 18.0 Å². The molecule has 5 aromatic rings. The average molecular weight is 579 g/mol. The number of aromatic amines is 1. The number of fused-ring (bicyclic) bond motifs is 2. The van der Waals surface area contributed by atoms with Crippen molar-refractivity contribution in [2.45, 2.75) is 57.9 Å². The van der Waals surface area contributed by atoms with E-state index in [0.29, 0.717) is 28.3 Å². The molecule has 1 aliphatic heterocycles. The number of nitrogens with zero attached hydrogens (tertiary/aromatic N) is 6. The number of aryl methyl sites for hydroxylation is 3. The molecule has 0 spiro atoms. The lowest BCUT2D eigenvalue weighted by molar-refractivity contribution is -0.126. The molecule has 5 heterocycles. The third-order valence-electron chi connectivity index (χ3n) is 7.84. The van der Waals surface area contributed by atoms with Crippen LogP contribution in [0.25, 0.3) is 21.1 Å². The third kappa shape index (κ3) is 5.92. The molecule has 0 saturated carbocycles. The van der Waals surface area contributed by atoms with E-state index < -0.39 is 12.6 Å². The molecule has 1 aliphatic rings. The molecule has 0 atom stereocenters. The maximum absolute atomic E-state index is 12.9. The molecule has 6 rings (SSSR count). The topological polar surface area (TPSA) is 98.5 Å². The first kappa shape index (κ1) is 27.2. The average Bonchev–Trinajstić information content (AvgIpc) is 3.68. The van der Waals surface area contributed by atoms with Gasteiger partial charge in [-0.2, -0.15) is 23.5 Å². The van der Waals surface area contributed by atoms with E-state index in [-0.39, 0.29) is 10.9 Å². The van der Waals surface area contributed by atoms with Gasteiger partial charge in [0.1, 0.15) is 28.7 Å². The van der Waals surface area contributed by atoms with E-state index in [1.54, 1.807) is 6.07 Å². The summed E-state index contributed by atoms with van der Waals surface area (Å²) in [6.07, 6.45) is 2.49. The first-order valence-electron chi connectivity index (χ1n) is 13.6. The molecule has 0 amide bonds. The van der Waals surface area contributed by atoms with Gasteiger partial charge in [-0.05, 0) is 61.1 Å². The van der Waals surface area contributed by atoms with Crippen LogP contribution < -0.4 is 5.32 Å². The second-order valence-corrected chi connectivity index (χ2v) is 11.7. The zero-order valence-electron chi connectivity index (χ0n) is 22.5. The van der Waals surface area contributed by atoms with E-state index in [9.17, 15) is 18.4 Å². The number of anilines is 1. The lowest BCUT2D eigenvalue weighted by Crippen LogP contribution is -2.39. The predicted molar refractivity (Wildman–Crippen MR) is 153 cm³/mol. The van der Waals surface area contributed by atoms with Gasteiger partial charge >= 0.3 is 6.18 Å². The van der Waals surface area contributed by atoms with Crippen molar-refractivity contribution < 1.29 is 13.2 Å². The van der Waals surface area contributed by atoms with Crippen LogP contribution in [0.15, 0.2) is 43.0 Å². The number of nitrogens with one attached hydrogen (secondary N) is 2. The first-order valence-corrected chi connectivity index (χ1v) is 14.4. The van der Waals surface area contributed by atoms with Crippen LogP contribution in [0.3, 0.4) is 0 Å². The number of thiophene rings is 1. The molecule has 0 aliphatic carbocycles. The van der Waals surface area contributed by atoms with Crippen LogP contribution in [0, 0.1) is 18.3 Å². The number of piperidine rings is 1. The van der Waals surface area contributed by atoms with Crippen molar-refractivity contribution in [1.82, 2.24) is 29.6 Å². The van der Waals surface area contributed by atoms with E-state index in [4.69, 9.17) is 0 Å². The van der Waals surface area contributed by atoms with Crippen LogP contribution in [0.4, 0.5) is 19.0 Å². The Bertz CT molecular complexity index is 1710. The molecular formula is C29H29F3N8S. The molecule has 1 fully saturated rings. The van der Waals surface area contributed by atoms with Gasteiger partial charge in [-0.15, -0.1) is 11.3 Å². The number of alkyl halides is 3. The van der Waals surface area contributed by atoms with Crippen molar-refractivity contribution in [3.8, 4) is 6.07 Å². The minimum Gasteiger partial charge on any atom is -0.367 e. The van der Waals surface area contributed by atoms with Crippen molar-refractivity contribution in [1.29, 1.82) is 5.26 Å². The number of rotatable bonds is 8. The Morgan fingerprint density at radius 3 is 2.73 bits per heavy atom. The number of benzene rings is 1. The largest absolute Gasteiger partial charge is 0.393 e. The van der Waals surface area contributed by atoms with E-state index in [1.807, 2.05) is 18.5 Å². The quantitative estimate of drug-likeness (QED) is 0.235. The zero-order valence-corrected chi connectivity index (χ0v) is 23.3. The van der Waals surface area contributed by atoms with Gasteiger partial charge in [-0.25, -0.2) is 9.97 Å². The first-order chi connectivity index (χ1) is 19.8. The number of aromatic nitrogens is 5. The summed E-state index contributed by atoms with van der Waals surface area (Å²) in [5, 5.41) is 21.8. The molecule has 212 valence electrons. The van der Waals surface area contributed by atoms with Crippen LogP contribution in [-0.4, -0.2) is 54.9 Å². The summed E-state index contributed by atoms with van der Waals surface area (Å²) in [5.41, 5.74) is 5.26. The van der Waals surface area contributed by atoms with Gasteiger partial charge in [0.2, 0.25) is 0 Å². The Kier molecular flexibility index (Phi) is 7.40. The summed E-state index contributed by atoms with van der Waals surface area (Å²) in [7, 11) is 0. The second kappa shape index (κ2) is 11.1. The predicted octanol–water partition coefficient (Wildman–Crippen LogP) is 5.97. The fourth-order valence-corrected chi connectivity index (χ4v) is 6.68. The molecule has 4 aromatic heterocycles. The third-order valence-corrected chi connectivity index (χ3v) is 8.88. The minimum absolute atomic E-state index is 0.182. The SMILES string of the molecule is Cc1c(CN2CCC(Nc3ncnc4sc(CC(F)(F)F)cc34)CC2)ccc2c1cc(C#N)n2CCc1cn[nH]c1. The van der Waals surface area contributed by atoms with Crippen LogP contribution >= 0.6 is 11.3 Å². The molecule has 2 N–H and O–H groups in total. The monoisotopic (exact) mass is 578 g/mol. The van der Waals surface area contributed by atoms with E-state index in [0.717, 1.165) is 66.7 Å². The highest BCUT2D eigenvalue weighted by Gasteiger charge is 2.29. The van der Waals surface area contributed by atoms with Gasteiger partial charge in [-0.3, -0.25) is 10.00 Å². The van der Waals surface area contributed by atoms with Gasteiger partial charge in [-0.1, -0.05) is 6.07 Å². The second-order valence-electron chi connectivity index (χ2n) is 10.6. The van der Waals surface area contributed by atoms with Crippen molar-refractivity contribution in [2.24, 2.45) is 0 Å². The zero-order chi connectivity index (χ0) is 28.6. The Morgan fingerprint density at radius 1 is 1.17 bits per heavy atom. The molecule has 1 aromatic carbocycles. The Balaban J connectivity index is 1.10. The molecule has 0 radical (unpaired) electrons. The van der Waals surface area contributed by atoms with Crippen molar-refractivity contribution in [3.05, 3.63) is 70.2 Å². The van der Waals surface area contributed by atoms with Crippen LogP contribution in [0.5, 0.6) is 0 Å².